The van der Waals surface area contributed by atoms with Crippen molar-refractivity contribution in [3.8, 4) is 5.69 Å². The lowest BCUT2D eigenvalue weighted by Gasteiger charge is -2.10. The van der Waals surface area contributed by atoms with Crippen molar-refractivity contribution in [2.24, 2.45) is 7.05 Å². The van der Waals surface area contributed by atoms with Gasteiger partial charge in [0.2, 0.25) is 0 Å². The summed E-state index contributed by atoms with van der Waals surface area (Å²) in [6, 6.07) is 6.74. The third-order valence-corrected chi connectivity index (χ3v) is 4.77. The molecule has 4 rings (SSSR count). The molecular formula is C17H18BN5O4. The van der Waals surface area contributed by atoms with Gasteiger partial charge in [-0.05, 0) is 24.0 Å². The van der Waals surface area contributed by atoms with Crippen LogP contribution in [0.2, 0.25) is 0 Å². The first kappa shape index (κ1) is 17.4. The molecule has 2 heterocycles. The van der Waals surface area contributed by atoms with Crippen LogP contribution in [0.1, 0.15) is 40.0 Å². The SMILES string of the molecule is COC(=O)c1cnn(-c2cccc(B(O)O)c2)c1[C@H]1C[C@@H]1c1cn(C)nn1. The number of ether oxygens (including phenoxy) is 1. The summed E-state index contributed by atoms with van der Waals surface area (Å²) in [6.45, 7) is 0. The molecule has 2 atom stereocenters. The van der Waals surface area contributed by atoms with Crippen molar-refractivity contribution in [2.75, 3.05) is 7.11 Å². The van der Waals surface area contributed by atoms with Crippen LogP contribution in [0.25, 0.3) is 5.69 Å². The van der Waals surface area contributed by atoms with Crippen LogP contribution in [0.15, 0.2) is 36.7 Å². The number of benzene rings is 1. The van der Waals surface area contributed by atoms with Crippen molar-refractivity contribution in [2.45, 2.75) is 18.3 Å². The molecule has 0 aliphatic heterocycles. The zero-order valence-corrected chi connectivity index (χ0v) is 14.9. The summed E-state index contributed by atoms with van der Waals surface area (Å²) in [6.07, 6.45) is 4.16. The van der Waals surface area contributed by atoms with E-state index in [9.17, 15) is 14.8 Å². The monoisotopic (exact) mass is 367 g/mol. The van der Waals surface area contributed by atoms with E-state index in [2.05, 4.69) is 15.4 Å². The molecule has 0 amide bonds. The minimum Gasteiger partial charge on any atom is -0.465 e. The van der Waals surface area contributed by atoms with E-state index in [0.717, 1.165) is 17.8 Å². The van der Waals surface area contributed by atoms with Gasteiger partial charge in [-0.25, -0.2) is 9.48 Å². The summed E-state index contributed by atoms with van der Waals surface area (Å²) in [5, 5.41) is 31.4. The van der Waals surface area contributed by atoms with Gasteiger partial charge in [-0.3, -0.25) is 4.68 Å². The first-order valence-corrected chi connectivity index (χ1v) is 8.48. The Bertz CT molecular complexity index is 999. The zero-order valence-electron chi connectivity index (χ0n) is 14.9. The van der Waals surface area contributed by atoms with Crippen LogP contribution in [-0.2, 0) is 11.8 Å². The molecule has 10 heteroatoms. The van der Waals surface area contributed by atoms with Crippen LogP contribution in [0.4, 0.5) is 0 Å². The van der Waals surface area contributed by atoms with E-state index in [1.165, 1.54) is 13.3 Å². The fourth-order valence-electron chi connectivity index (χ4n) is 3.36. The molecular weight excluding hydrogens is 349 g/mol. The fourth-order valence-corrected chi connectivity index (χ4v) is 3.36. The first-order chi connectivity index (χ1) is 13.0. The van der Waals surface area contributed by atoms with Gasteiger partial charge in [-0.2, -0.15) is 5.10 Å². The van der Waals surface area contributed by atoms with E-state index in [4.69, 9.17) is 4.74 Å². The smallest absolute Gasteiger partial charge is 0.465 e. The third kappa shape index (κ3) is 3.13. The molecule has 0 unspecified atom stereocenters. The molecule has 1 aliphatic carbocycles. The lowest BCUT2D eigenvalue weighted by molar-refractivity contribution is 0.0599. The second-order valence-electron chi connectivity index (χ2n) is 6.58. The maximum Gasteiger partial charge on any atom is 0.488 e. The highest BCUT2D eigenvalue weighted by Gasteiger charge is 2.46. The van der Waals surface area contributed by atoms with Crippen LogP contribution < -0.4 is 5.46 Å². The Labute approximate surface area is 155 Å². The Morgan fingerprint density at radius 1 is 1.33 bits per heavy atom. The summed E-state index contributed by atoms with van der Waals surface area (Å²) in [5.41, 5.74) is 2.96. The first-order valence-electron chi connectivity index (χ1n) is 8.48. The molecule has 1 fully saturated rings. The van der Waals surface area contributed by atoms with Crippen molar-refractivity contribution < 1.29 is 19.6 Å². The molecule has 27 heavy (non-hydrogen) atoms. The Hall–Kier alpha value is -2.98. The third-order valence-electron chi connectivity index (χ3n) is 4.77. The number of carbonyl (C=O) groups is 1. The van der Waals surface area contributed by atoms with Crippen LogP contribution in [-0.4, -0.2) is 55.0 Å². The number of esters is 1. The topological polar surface area (TPSA) is 115 Å². The summed E-state index contributed by atoms with van der Waals surface area (Å²) in [4.78, 5) is 12.2. The Morgan fingerprint density at radius 3 is 2.81 bits per heavy atom. The molecule has 0 radical (unpaired) electrons. The van der Waals surface area contributed by atoms with Crippen LogP contribution in [0.5, 0.6) is 0 Å². The normalized spacial score (nSPS) is 18.4. The van der Waals surface area contributed by atoms with E-state index >= 15 is 0 Å². The number of aromatic nitrogens is 5. The van der Waals surface area contributed by atoms with E-state index in [0.29, 0.717) is 16.7 Å². The molecule has 9 nitrogen and oxygen atoms in total. The Kier molecular flexibility index (Phi) is 4.29. The average molecular weight is 367 g/mol. The Morgan fingerprint density at radius 2 is 2.15 bits per heavy atom. The molecule has 0 bridgehead atoms. The maximum absolute atomic E-state index is 12.2. The van der Waals surface area contributed by atoms with Gasteiger partial charge in [0, 0.05) is 25.1 Å². The highest BCUT2D eigenvalue weighted by atomic mass is 16.5. The highest BCUT2D eigenvalue weighted by molar-refractivity contribution is 6.58. The summed E-state index contributed by atoms with van der Waals surface area (Å²) < 4.78 is 8.21. The number of carbonyl (C=O) groups excluding carboxylic acids is 1. The van der Waals surface area contributed by atoms with Gasteiger partial charge in [-0.1, -0.05) is 17.3 Å². The molecule has 0 spiro atoms. The standard InChI is InChI=1S/C17H18BN5O4/c1-22-9-15(20-21-22)12-7-13(12)16-14(17(24)27-2)8-19-23(16)11-5-3-4-10(6-11)18(25)26/h3-6,8-9,12-13,25-26H,7H2,1-2H3/t12-,13-/m0/s1. The molecule has 1 aromatic carbocycles. The molecule has 138 valence electrons. The van der Waals surface area contributed by atoms with Crippen molar-refractivity contribution in [1.29, 1.82) is 0 Å². The van der Waals surface area contributed by atoms with Crippen LogP contribution >= 0.6 is 0 Å². The second kappa shape index (κ2) is 6.64. The van der Waals surface area contributed by atoms with Gasteiger partial charge in [0.15, 0.2) is 0 Å². The lowest BCUT2D eigenvalue weighted by atomic mass is 9.80. The van der Waals surface area contributed by atoms with Gasteiger partial charge in [0.05, 0.1) is 30.4 Å². The quantitative estimate of drug-likeness (QED) is 0.472. The average Bonchev–Trinajstić information content (AvgIpc) is 3.12. The van der Waals surface area contributed by atoms with E-state index in [-0.39, 0.29) is 11.8 Å². The van der Waals surface area contributed by atoms with Gasteiger partial charge in [-0.15, -0.1) is 5.10 Å². The highest BCUT2D eigenvalue weighted by Crippen LogP contribution is 2.55. The van der Waals surface area contributed by atoms with Gasteiger partial charge in [0.1, 0.15) is 5.56 Å². The van der Waals surface area contributed by atoms with Crippen molar-refractivity contribution in [1.82, 2.24) is 24.8 Å². The van der Waals surface area contributed by atoms with Gasteiger partial charge >= 0.3 is 13.1 Å². The molecule has 0 saturated heterocycles. The number of methoxy groups -OCH3 is 1. The van der Waals surface area contributed by atoms with Crippen LogP contribution in [0, 0.1) is 0 Å². The minimum atomic E-state index is -1.59. The number of aryl methyl sites for hydroxylation is 1. The number of hydrogen-bond donors (Lipinski definition) is 2. The zero-order chi connectivity index (χ0) is 19.1. The lowest BCUT2D eigenvalue weighted by Crippen LogP contribution is -2.30. The molecule has 1 aliphatic rings. The predicted molar refractivity (Wildman–Crippen MR) is 95.8 cm³/mol. The Balaban J connectivity index is 1.77. The van der Waals surface area contributed by atoms with E-state index < -0.39 is 13.1 Å². The maximum atomic E-state index is 12.2. The van der Waals surface area contributed by atoms with Gasteiger partial charge in [0.25, 0.3) is 0 Å². The minimum absolute atomic E-state index is 0.0426. The molecule has 2 N–H and O–H groups in total. The number of hydrogen-bond acceptors (Lipinski definition) is 7. The second-order valence-corrected chi connectivity index (χ2v) is 6.58. The van der Waals surface area contributed by atoms with Gasteiger partial charge < -0.3 is 14.8 Å². The predicted octanol–water partition coefficient (Wildman–Crippen LogP) is -0.262. The summed E-state index contributed by atoms with van der Waals surface area (Å²) >= 11 is 0. The summed E-state index contributed by atoms with van der Waals surface area (Å²) in [7, 11) is 1.56. The van der Waals surface area contributed by atoms with E-state index in [1.54, 1.807) is 33.6 Å². The largest absolute Gasteiger partial charge is 0.488 e. The number of nitrogens with zero attached hydrogens (tertiary/aromatic N) is 5. The van der Waals surface area contributed by atoms with Crippen molar-refractivity contribution >= 4 is 18.6 Å². The molecule has 1 saturated carbocycles. The van der Waals surface area contributed by atoms with Crippen LogP contribution in [0.3, 0.4) is 0 Å². The van der Waals surface area contributed by atoms with Crippen molar-refractivity contribution in [3.05, 3.63) is 53.6 Å². The molecule has 3 aromatic rings. The van der Waals surface area contributed by atoms with Crippen molar-refractivity contribution in [3.63, 3.8) is 0 Å². The summed E-state index contributed by atoms with van der Waals surface area (Å²) in [5.74, 6) is -0.274. The number of rotatable bonds is 5. The van der Waals surface area contributed by atoms with E-state index in [1.807, 2.05) is 13.2 Å². The molecule has 2 aromatic heterocycles. The fraction of sp³-hybridized carbons (Fsp3) is 0.294.